The standard InChI is InChI=1S/C12H19N3O3S/c1-8(7-12(2,3)19(14)18)9-4-5-10(13)11(6-9)15(16)17/h4-6,8H,7,13-14H2,1-3H3. The first-order valence-corrected chi connectivity index (χ1v) is 7.06. The molecule has 7 heteroatoms. The smallest absolute Gasteiger partial charge is 0.292 e. The fourth-order valence-electron chi connectivity index (χ4n) is 1.96. The van der Waals surface area contributed by atoms with E-state index in [1.165, 1.54) is 12.1 Å². The molecule has 4 N–H and O–H groups in total. The van der Waals surface area contributed by atoms with Gasteiger partial charge in [-0.1, -0.05) is 13.0 Å². The number of nitro benzene ring substituents is 1. The summed E-state index contributed by atoms with van der Waals surface area (Å²) in [6.45, 7) is 5.54. The molecule has 0 bridgehead atoms. The second kappa shape index (κ2) is 5.66. The highest BCUT2D eigenvalue weighted by atomic mass is 32.2. The third-order valence-corrected chi connectivity index (χ3v) is 4.42. The maximum atomic E-state index is 11.4. The highest BCUT2D eigenvalue weighted by molar-refractivity contribution is 7.84. The van der Waals surface area contributed by atoms with Gasteiger partial charge in [0.2, 0.25) is 0 Å². The van der Waals surface area contributed by atoms with E-state index < -0.39 is 20.7 Å². The van der Waals surface area contributed by atoms with Crippen molar-refractivity contribution < 1.29 is 9.13 Å². The fourth-order valence-corrected chi connectivity index (χ4v) is 2.38. The summed E-state index contributed by atoms with van der Waals surface area (Å²) in [5.41, 5.74) is 6.39. The summed E-state index contributed by atoms with van der Waals surface area (Å²) < 4.78 is 10.9. The monoisotopic (exact) mass is 285 g/mol. The van der Waals surface area contributed by atoms with Crippen molar-refractivity contribution in [2.24, 2.45) is 5.14 Å². The normalized spacial score (nSPS) is 14.9. The Balaban J connectivity index is 3.01. The molecule has 0 aliphatic heterocycles. The largest absolute Gasteiger partial charge is 0.393 e. The third-order valence-electron chi connectivity index (χ3n) is 3.16. The average Bonchev–Trinajstić information content (AvgIpc) is 2.28. The predicted molar refractivity (Wildman–Crippen MR) is 76.9 cm³/mol. The molecule has 19 heavy (non-hydrogen) atoms. The van der Waals surface area contributed by atoms with Crippen LogP contribution in [-0.4, -0.2) is 13.9 Å². The van der Waals surface area contributed by atoms with E-state index in [2.05, 4.69) is 0 Å². The molecule has 1 aromatic carbocycles. The molecule has 0 heterocycles. The molecule has 0 amide bonds. The maximum absolute atomic E-state index is 11.4. The Morgan fingerprint density at radius 2 is 2.05 bits per heavy atom. The SMILES string of the molecule is CC(CC(C)(C)S(N)=O)c1ccc(N)c([N+](=O)[O-])c1. The summed E-state index contributed by atoms with van der Waals surface area (Å²) in [5, 5.41) is 16.3. The van der Waals surface area contributed by atoms with Crippen molar-refractivity contribution >= 4 is 22.4 Å². The van der Waals surface area contributed by atoms with Gasteiger partial charge in [-0.25, -0.2) is 4.21 Å². The van der Waals surface area contributed by atoms with Gasteiger partial charge in [0.1, 0.15) is 5.69 Å². The molecule has 1 aromatic rings. The molecule has 0 radical (unpaired) electrons. The van der Waals surface area contributed by atoms with Crippen LogP contribution in [0.15, 0.2) is 18.2 Å². The molecule has 0 saturated heterocycles. The van der Waals surface area contributed by atoms with Crippen LogP contribution in [0.5, 0.6) is 0 Å². The Morgan fingerprint density at radius 1 is 1.47 bits per heavy atom. The minimum absolute atomic E-state index is 0.00167. The summed E-state index contributed by atoms with van der Waals surface area (Å²) in [4.78, 5) is 10.3. The number of nitrogens with two attached hydrogens (primary N) is 2. The summed E-state index contributed by atoms with van der Waals surface area (Å²) in [6, 6.07) is 4.74. The Kier molecular flexibility index (Phi) is 4.65. The van der Waals surface area contributed by atoms with E-state index in [1.807, 2.05) is 20.8 Å². The van der Waals surface area contributed by atoms with Crippen LogP contribution in [0.25, 0.3) is 0 Å². The molecule has 6 nitrogen and oxygen atoms in total. The van der Waals surface area contributed by atoms with Gasteiger partial charge in [-0.15, -0.1) is 0 Å². The Labute approximate surface area is 114 Å². The lowest BCUT2D eigenvalue weighted by Gasteiger charge is -2.25. The lowest BCUT2D eigenvalue weighted by molar-refractivity contribution is -0.384. The second-order valence-electron chi connectivity index (χ2n) is 5.24. The number of nitrogen functional groups attached to an aromatic ring is 1. The molecular formula is C12H19N3O3S. The minimum atomic E-state index is -1.45. The third kappa shape index (κ3) is 3.74. The van der Waals surface area contributed by atoms with Crippen LogP contribution in [-0.2, 0) is 11.0 Å². The van der Waals surface area contributed by atoms with Crippen LogP contribution in [0.1, 0.15) is 38.7 Å². The zero-order chi connectivity index (χ0) is 14.8. The van der Waals surface area contributed by atoms with E-state index in [0.717, 1.165) is 5.56 Å². The van der Waals surface area contributed by atoms with Gasteiger partial charge >= 0.3 is 0 Å². The molecule has 0 aliphatic carbocycles. The molecular weight excluding hydrogens is 266 g/mol. The highest BCUT2D eigenvalue weighted by Gasteiger charge is 2.27. The number of hydrogen-bond acceptors (Lipinski definition) is 4. The molecule has 0 aliphatic rings. The van der Waals surface area contributed by atoms with E-state index >= 15 is 0 Å². The molecule has 2 unspecified atom stereocenters. The van der Waals surface area contributed by atoms with E-state index in [4.69, 9.17) is 10.9 Å². The van der Waals surface area contributed by atoms with Crippen molar-refractivity contribution in [3.63, 3.8) is 0 Å². The van der Waals surface area contributed by atoms with Gasteiger partial charge in [0, 0.05) is 6.07 Å². The molecule has 0 spiro atoms. The van der Waals surface area contributed by atoms with Crippen molar-refractivity contribution in [2.45, 2.75) is 37.9 Å². The van der Waals surface area contributed by atoms with Gasteiger partial charge in [0.25, 0.3) is 5.69 Å². The van der Waals surface area contributed by atoms with Crippen LogP contribution in [0.4, 0.5) is 11.4 Å². The number of benzene rings is 1. The van der Waals surface area contributed by atoms with Crippen molar-refractivity contribution in [1.29, 1.82) is 0 Å². The van der Waals surface area contributed by atoms with E-state index in [-0.39, 0.29) is 17.3 Å². The van der Waals surface area contributed by atoms with Gasteiger partial charge < -0.3 is 5.73 Å². The molecule has 2 atom stereocenters. The van der Waals surface area contributed by atoms with Crippen LogP contribution < -0.4 is 10.9 Å². The van der Waals surface area contributed by atoms with Crippen LogP contribution in [0, 0.1) is 10.1 Å². The summed E-state index contributed by atoms with van der Waals surface area (Å²) in [7, 11) is -1.45. The molecule has 0 saturated carbocycles. The van der Waals surface area contributed by atoms with Gasteiger partial charge in [0.05, 0.1) is 20.7 Å². The Hall–Kier alpha value is -1.47. The van der Waals surface area contributed by atoms with Crippen LogP contribution in [0.3, 0.4) is 0 Å². The van der Waals surface area contributed by atoms with E-state index in [9.17, 15) is 14.3 Å². The number of hydrogen-bond donors (Lipinski definition) is 2. The second-order valence-corrected chi connectivity index (χ2v) is 6.94. The average molecular weight is 285 g/mol. The zero-order valence-corrected chi connectivity index (χ0v) is 12.1. The van der Waals surface area contributed by atoms with Gasteiger partial charge in [-0.05, 0) is 37.8 Å². The number of nitro groups is 1. The number of nitrogens with zero attached hydrogens (tertiary/aromatic N) is 1. The first-order valence-electron chi connectivity index (χ1n) is 5.85. The number of rotatable bonds is 5. The van der Waals surface area contributed by atoms with Gasteiger partial charge in [0.15, 0.2) is 0 Å². The molecule has 0 fully saturated rings. The highest BCUT2D eigenvalue weighted by Crippen LogP contribution is 2.32. The summed E-state index contributed by atoms with van der Waals surface area (Å²) in [6.07, 6.45) is 0.567. The van der Waals surface area contributed by atoms with E-state index in [1.54, 1.807) is 6.07 Å². The maximum Gasteiger partial charge on any atom is 0.292 e. The lowest BCUT2D eigenvalue weighted by Crippen LogP contribution is -2.33. The summed E-state index contributed by atoms with van der Waals surface area (Å²) in [5.74, 6) is 0.00167. The molecule has 106 valence electrons. The van der Waals surface area contributed by atoms with Crippen molar-refractivity contribution in [2.75, 3.05) is 5.73 Å². The first kappa shape index (κ1) is 15.6. The Morgan fingerprint density at radius 3 is 2.53 bits per heavy atom. The zero-order valence-electron chi connectivity index (χ0n) is 11.3. The van der Waals surface area contributed by atoms with Gasteiger partial charge in [-0.3, -0.25) is 15.3 Å². The Bertz CT molecular complexity index is 517. The molecule has 1 rings (SSSR count). The van der Waals surface area contributed by atoms with Gasteiger partial charge in [-0.2, -0.15) is 0 Å². The van der Waals surface area contributed by atoms with Crippen molar-refractivity contribution in [3.05, 3.63) is 33.9 Å². The first-order chi connectivity index (χ1) is 8.65. The van der Waals surface area contributed by atoms with E-state index in [0.29, 0.717) is 6.42 Å². The van der Waals surface area contributed by atoms with Crippen molar-refractivity contribution in [3.8, 4) is 0 Å². The van der Waals surface area contributed by atoms with Crippen LogP contribution in [0.2, 0.25) is 0 Å². The fraction of sp³-hybridized carbons (Fsp3) is 0.500. The van der Waals surface area contributed by atoms with Crippen molar-refractivity contribution in [1.82, 2.24) is 0 Å². The minimum Gasteiger partial charge on any atom is -0.393 e. The van der Waals surface area contributed by atoms with Crippen LogP contribution >= 0.6 is 0 Å². The lowest BCUT2D eigenvalue weighted by atomic mass is 9.91. The number of anilines is 1. The summed E-state index contributed by atoms with van der Waals surface area (Å²) >= 11 is 0. The topological polar surface area (TPSA) is 112 Å². The quantitative estimate of drug-likeness (QED) is 0.490. The predicted octanol–water partition coefficient (Wildman–Crippen LogP) is 2.07. The molecule has 0 aromatic heterocycles.